The quantitative estimate of drug-likeness (QED) is 0.720. The summed E-state index contributed by atoms with van der Waals surface area (Å²) < 4.78 is 0. The van der Waals surface area contributed by atoms with Crippen LogP contribution in [-0.4, -0.2) is 29.4 Å². The van der Waals surface area contributed by atoms with Crippen LogP contribution in [0, 0.1) is 16.7 Å². The van der Waals surface area contributed by atoms with Crippen LogP contribution in [0.5, 0.6) is 0 Å². The van der Waals surface area contributed by atoms with Crippen LogP contribution < -0.4 is 5.32 Å². The summed E-state index contributed by atoms with van der Waals surface area (Å²) in [5.74, 6) is -0.142. The highest BCUT2D eigenvalue weighted by Gasteiger charge is 2.48. The molecule has 1 saturated carbocycles. The average Bonchev–Trinajstić information content (AvgIpc) is 2.96. The van der Waals surface area contributed by atoms with Gasteiger partial charge in [0.2, 0.25) is 0 Å². The van der Waals surface area contributed by atoms with Gasteiger partial charge in [-0.25, -0.2) is 4.79 Å². The Labute approximate surface area is 94.4 Å². The number of rotatable bonds is 4. The van der Waals surface area contributed by atoms with Gasteiger partial charge in [-0.2, -0.15) is 5.26 Å². The molecular formula is C11H15N3O2. The first-order chi connectivity index (χ1) is 7.62. The van der Waals surface area contributed by atoms with E-state index in [4.69, 9.17) is 5.26 Å². The van der Waals surface area contributed by atoms with Crippen LogP contribution >= 0.6 is 0 Å². The summed E-state index contributed by atoms with van der Waals surface area (Å²) in [4.78, 5) is 24.7. The van der Waals surface area contributed by atoms with E-state index in [0.29, 0.717) is 19.4 Å². The summed E-state index contributed by atoms with van der Waals surface area (Å²) >= 11 is 0. The monoisotopic (exact) mass is 221 g/mol. The van der Waals surface area contributed by atoms with Gasteiger partial charge in [0, 0.05) is 18.4 Å². The minimum Gasteiger partial charge on any atom is -0.326 e. The van der Waals surface area contributed by atoms with Gasteiger partial charge in [0.05, 0.1) is 6.07 Å². The van der Waals surface area contributed by atoms with E-state index in [1.54, 1.807) is 0 Å². The van der Waals surface area contributed by atoms with Crippen molar-refractivity contribution in [1.29, 1.82) is 5.26 Å². The number of urea groups is 1. The van der Waals surface area contributed by atoms with Crippen molar-refractivity contribution in [2.75, 3.05) is 6.54 Å². The number of nitriles is 1. The summed E-state index contributed by atoms with van der Waals surface area (Å²) in [7, 11) is 0. The molecule has 0 spiro atoms. The molecular weight excluding hydrogens is 206 g/mol. The molecule has 1 N–H and O–H groups in total. The van der Waals surface area contributed by atoms with E-state index in [0.717, 1.165) is 12.8 Å². The van der Waals surface area contributed by atoms with Crippen molar-refractivity contribution in [3.05, 3.63) is 0 Å². The van der Waals surface area contributed by atoms with E-state index < -0.39 is 0 Å². The molecule has 0 aromatic rings. The van der Waals surface area contributed by atoms with Crippen LogP contribution in [0.25, 0.3) is 0 Å². The molecule has 2 rings (SSSR count). The Morgan fingerprint density at radius 2 is 2.25 bits per heavy atom. The molecule has 0 radical (unpaired) electrons. The number of imide groups is 1. The molecule has 2 aliphatic rings. The van der Waals surface area contributed by atoms with Crippen LogP contribution in [0.2, 0.25) is 0 Å². The van der Waals surface area contributed by atoms with Gasteiger partial charge in [0.15, 0.2) is 0 Å². The van der Waals surface area contributed by atoms with Crippen molar-refractivity contribution in [2.45, 2.75) is 38.6 Å². The summed E-state index contributed by atoms with van der Waals surface area (Å²) in [5.41, 5.74) is -0.107. The van der Waals surface area contributed by atoms with E-state index in [-0.39, 0.29) is 23.4 Å². The number of hydrogen-bond acceptors (Lipinski definition) is 3. The lowest BCUT2D eigenvalue weighted by atomic mass is 10.0. The molecule has 0 aromatic heterocycles. The van der Waals surface area contributed by atoms with Crippen LogP contribution in [0.3, 0.4) is 0 Å². The van der Waals surface area contributed by atoms with Gasteiger partial charge in [0.1, 0.15) is 6.04 Å². The van der Waals surface area contributed by atoms with Crippen LogP contribution in [-0.2, 0) is 4.79 Å². The van der Waals surface area contributed by atoms with Crippen LogP contribution in [0.15, 0.2) is 0 Å². The molecule has 0 bridgehead atoms. The SMILES string of the molecule is CC[C@@H]1NC(=O)N(CC2(CC#N)CC2)C1=O. The second kappa shape index (κ2) is 3.78. The van der Waals surface area contributed by atoms with E-state index in [1.807, 2.05) is 6.92 Å². The fraction of sp³-hybridized carbons (Fsp3) is 0.727. The van der Waals surface area contributed by atoms with Crippen molar-refractivity contribution < 1.29 is 9.59 Å². The van der Waals surface area contributed by atoms with Gasteiger partial charge in [-0.3, -0.25) is 9.69 Å². The smallest absolute Gasteiger partial charge is 0.324 e. The first kappa shape index (κ1) is 10.9. The highest BCUT2D eigenvalue weighted by molar-refractivity contribution is 6.04. The highest BCUT2D eigenvalue weighted by Crippen LogP contribution is 2.49. The molecule has 1 atom stereocenters. The molecule has 86 valence electrons. The molecule has 1 heterocycles. The van der Waals surface area contributed by atoms with E-state index >= 15 is 0 Å². The van der Waals surface area contributed by atoms with Gasteiger partial charge in [-0.05, 0) is 19.3 Å². The Hall–Kier alpha value is -1.57. The van der Waals surface area contributed by atoms with Gasteiger partial charge in [-0.15, -0.1) is 0 Å². The molecule has 1 saturated heterocycles. The predicted octanol–water partition coefficient (Wildman–Crippen LogP) is 1.01. The summed E-state index contributed by atoms with van der Waals surface area (Å²) in [6.45, 7) is 2.27. The molecule has 1 aliphatic heterocycles. The van der Waals surface area contributed by atoms with Crippen molar-refractivity contribution in [1.82, 2.24) is 10.2 Å². The van der Waals surface area contributed by atoms with E-state index in [9.17, 15) is 9.59 Å². The Kier molecular flexibility index (Phi) is 2.58. The lowest BCUT2D eigenvalue weighted by Gasteiger charge is -2.18. The number of hydrogen-bond donors (Lipinski definition) is 1. The first-order valence-electron chi connectivity index (χ1n) is 5.61. The summed E-state index contributed by atoms with van der Waals surface area (Å²) in [5, 5.41) is 11.3. The number of amides is 3. The Balaban J connectivity index is 2.03. The zero-order valence-corrected chi connectivity index (χ0v) is 9.32. The zero-order chi connectivity index (χ0) is 11.8. The third-order valence-electron chi connectivity index (χ3n) is 3.42. The third-order valence-corrected chi connectivity index (χ3v) is 3.42. The molecule has 0 aromatic carbocycles. The second-order valence-corrected chi connectivity index (χ2v) is 4.67. The Bertz CT molecular complexity index is 368. The number of carbonyl (C=O) groups excluding carboxylic acids is 2. The molecule has 2 fully saturated rings. The van der Waals surface area contributed by atoms with Gasteiger partial charge in [0.25, 0.3) is 5.91 Å². The van der Waals surface area contributed by atoms with Crippen LogP contribution in [0.4, 0.5) is 4.79 Å². The minimum absolute atomic E-state index is 0.107. The van der Waals surface area contributed by atoms with Gasteiger partial charge in [-0.1, -0.05) is 6.92 Å². The first-order valence-corrected chi connectivity index (χ1v) is 5.61. The topological polar surface area (TPSA) is 73.2 Å². The number of nitrogens with zero attached hydrogens (tertiary/aromatic N) is 2. The molecule has 5 nitrogen and oxygen atoms in total. The Morgan fingerprint density at radius 3 is 2.69 bits per heavy atom. The maximum atomic E-state index is 11.8. The van der Waals surface area contributed by atoms with Crippen molar-refractivity contribution >= 4 is 11.9 Å². The molecule has 16 heavy (non-hydrogen) atoms. The molecule has 1 aliphatic carbocycles. The molecule has 5 heteroatoms. The largest absolute Gasteiger partial charge is 0.326 e. The van der Waals surface area contributed by atoms with E-state index in [1.165, 1.54) is 4.90 Å². The molecule has 0 unspecified atom stereocenters. The lowest BCUT2D eigenvalue weighted by Crippen LogP contribution is -2.36. The van der Waals surface area contributed by atoms with Crippen LogP contribution in [0.1, 0.15) is 32.6 Å². The second-order valence-electron chi connectivity index (χ2n) is 4.67. The molecule has 3 amide bonds. The fourth-order valence-electron chi connectivity index (χ4n) is 2.07. The zero-order valence-electron chi connectivity index (χ0n) is 9.32. The average molecular weight is 221 g/mol. The van der Waals surface area contributed by atoms with Crippen molar-refractivity contribution in [2.24, 2.45) is 5.41 Å². The minimum atomic E-state index is -0.370. The summed E-state index contributed by atoms with van der Waals surface area (Å²) in [6.07, 6.45) is 2.93. The van der Waals surface area contributed by atoms with Crippen molar-refractivity contribution in [3.63, 3.8) is 0 Å². The normalized spacial score (nSPS) is 26.5. The highest BCUT2D eigenvalue weighted by atomic mass is 16.2. The lowest BCUT2D eigenvalue weighted by molar-refractivity contribution is -0.128. The third kappa shape index (κ3) is 1.75. The van der Waals surface area contributed by atoms with Gasteiger partial charge < -0.3 is 5.32 Å². The summed E-state index contributed by atoms with van der Waals surface area (Å²) in [6, 6.07) is 1.46. The maximum absolute atomic E-state index is 11.8. The number of nitrogens with one attached hydrogen (secondary N) is 1. The van der Waals surface area contributed by atoms with E-state index in [2.05, 4.69) is 11.4 Å². The number of carbonyl (C=O) groups is 2. The fourth-order valence-corrected chi connectivity index (χ4v) is 2.07. The predicted molar refractivity (Wildman–Crippen MR) is 56.2 cm³/mol. The maximum Gasteiger partial charge on any atom is 0.324 e. The van der Waals surface area contributed by atoms with Crippen molar-refractivity contribution in [3.8, 4) is 6.07 Å². The Morgan fingerprint density at radius 1 is 1.56 bits per heavy atom. The van der Waals surface area contributed by atoms with Gasteiger partial charge >= 0.3 is 6.03 Å². The standard InChI is InChI=1S/C11H15N3O2/c1-2-8-9(15)14(10(16)13-8)7-11(3-4-11)5-6-12/h8H,2-5,7H2,1H3,(H,13,16)/t8-/m0/s1.